The molecule has 1 amide bonds. The van der Waals surface area contributed by atoms with Crippen LogP contribution < -0.4 is 5.32 Å². The van der Waals surface area contributed by atoms with Gasteiger partial charge in [0, 0.05) is 39.1 Å². The van der Waals surface area contributed by atoms with E-state index in [1.165, 1.54) is 0 Å². The molecular formula is C13H25N3O3. The third-order valence-electron chi connectivity index (χ3n) is 3.46. The first-order chi connectivity index (χ1) is 8.91. The summed E-state index contributed by atoms with van der Waals surface area (Å²) in [6.45, 7) is 8.85. The van der Waals surface area contributed by atoms with Crippen LogP contribution in [-0.4, -0.2) is 71.6 Å². The summed E-state index contributed by atoms with van der Waals surface area (Å²) >= 11 is 0. The van der Waals surface area contributed by atoms with Crippen LogP contribution in [-0.2, 0) is 9.59 Å². The topological polar surface area (TPSA) is 72.9 Å². The summed E-state index contributed by atoms with van der Waals surface area (Å²) in [5.74, 6) is -0.713. The Labute approximate surface area is 114 Å². The highest BCUT2D eigenvalue weighted by atomic mass is 16.4. The maximum atomic E-state index is 11.3. The van der Waals surface area contributed by atoms with E-state index in [0.29, 0.717) is 45.2 Å². The molecule has 1 atom stereocenters. The van der Waals surface area contributed by atoms with Gasteiger partial charge in [-0.1, -0.05) is 13.8 Å². The van der Waals surface area contributed by atoms with Crippen molar-refractivity contribution in [2.75, 3.05) is 32.7 Å². The Morgan fingerprint density at radius 3 is 2.21 bits per heavy atom. The zero-order valence-corrected chi connectivity index (χ0v) is 12.1. The molecule has 0 aromatic heterocycles. The van der Waals surface area contributed by atoms with E-state index in [0.717, 1.165) is 0 Å². The van der Waals surface area contributed by atoms with Crippen molar-refractivity contribution in [3.05, 3.63) is 0 Å². The Morgan fingerprint density at radius 1 is 1.21 bits per heavy atom. The van der Waals surface area contributed by atoms with Gasteiger partial charge in [0.05, 0.1) is 0 Å². The van der Waals surface area contributed by atoms with Crippen LogP contribution in [0.1, 0.15) is 27.2 Å². The van der Waals surface area contributed by atoms with Crippen molar-refractivity contribution >= 4 is 11.9 Å². The zero-order valence-electron chi connectivity index (χ0n) is 12.1. The minimum Gasteiger partial charge on any atom is -0.480 e. The number of carboxylic acids is 1. The molecular weight excluding hydrogens is 246 g/mol. The minimum atomic E-state index is -0.776. The summed E-state index contributed by atoms with van der Waals surface area (Å²) in [7, 11) is 0. The molecule has 0 aromatic rings. The van der Waals surface area contributed by atoms with Crippen LogP contribution in [0.15, 0.2) is 0 Å². The first-order valence-electron chi connectivity index (χ1n) is 6.87. The Kier molecular flexibility index (Phi) is 6.24. The van der Waals surface area contributed by atoms with E-state index in [4.69, 9.17) is 0 Å². The van der Waals surface area contributed by atoms with Crippen LogP contribution in [0.25, 0.3) is 0 Å². The summed E-state index contributed by atoms with van der Waals surface area (Å²) in [6, 6.07) is -0.0932. The second-order valence-corrected chi connectivity index (χ2v) is 5.29. The molecule has 6 nitrogen and oxygen atoms in total. The van der Waals surface area contributed by atoms with E-state index in [9.17, 15) is 14.7 Å². The molecule has 110 valence electrons. The Bertz CT molecular complexity index is 312. The molecule has 0 spiro atoms. The minimum absolute atomic E-state index is 0.0630. The number of nitrogens with one attached hydrogen (secondary N) is 1. The Hall–Kier alpha value is -1.14. The highest BCUT2D eigenvalue weighted by Crippen LogP contribution is 2.10. The van der Waals surface area contributed by atoms with Gasteiger partial charge in [-0.05, 0) is 13.0 Å². The normalized spacial score (nSPS) is 18.6. The maximum absolute atomic E-state index is 11.3. The highest BCUT2D eigenvalue weighted by Gasteiger charge is 2.29. The van der Waals surface area contributed by atoms with Crippen molar-refractivity contribution in [3.8, 4) is 0 Å². The largest absolute Gasteiger partial charge is 0.480 e. The number of nitrogens with zero attached hydrogens (tertiary/aromatic N) is 2. The zero-order chi connectivity index (χ0) is 14.4. The quantitative estimate of drug-likeness (QED) is 0.711. The number of rotatable bonds is 6. The predicted molar refractivity (Wildman–Crippen MR) is 73.0 cm³/mol. The van der Waals surface area contributed by atoms with Gasteiger partial charge in [0.1, 0.15) is 6.04 Å². The molecule has 1 saturated heterocycles. The molecule has 6 heteroatoms. The van der Waals surface area contributed by atoms with E-state index < -0.39 is 12.0 Å². The van der Waals surface area contributed by atoms with Crippen LogP contribution in [0.4, 0.5) is 0 Å². The van der Waals surface area contributed by atoms with Gasteiger partial charge in [-0.15, -0.1) is 0 Å². The molecule has 2 N–H and O–H groups in total. The maximum Gasteiger partial charge on any atom is 0.320 e. The van der Waals surface area contributed by atoms with Crippen molar-refractivity contribution in [1.29, 1.82) is 0 Å². The average molecular weight is 271 g/mol. The summed E-state index contributed by atoms with van der Waals surface area (Å²) in [6.07, 6.45) is 0.591. The predicted octanol–water partition coefficient (Wildman–Crippen LogP) is -0.00820. The number of hydrogen-bond donors (Lipinski definition) is 2. The molecule has 1 heterocycles. The van der Waals surface area contributed by atoms with Crippen LogP contribution >= 0.6 is 0 Å². The van der Waals surface area contributed by atoms with Crippen LogP contribution in [0.5, 0.6) is 0 Å². The molecule has 1 unspecified atom stereocenters. The Balaban J connectivity index is 2.45. The van der Waals surface area contributed by atoms with E-state index in [2.05, 4.69) is 5.32 Å². The van der Waals surface area contributed by atoms with E-state index >= 15 is 0 Å². The molecule has 0 aliphatic carbocycles. The van der Waals surface area contributed by atoms with E-state index in [-0.39, 0.29) is 5.91 Å². The number of carboxylic acid groups (broad SMARTS) is 1. The second kappa shape index (κ2) is 7.45. The molecule has 0 bridgehead atoms. The number of piperazine rings is 1. The van der Waals surface area contributed by atoms with Gasteiger partial charge in [-0.25, -0.2) is 0 Å². The SMILES string of the molecule is CC(=O)N1CCN(C(CCNC(C)C)C(=O)O)CC1. The Morgan fingerprint density at radius 2 is 1.79 bits per heavy atom. The number of carbonyl (C=O) groups excluding carboxylic acids is 1. The van der Waals surface area contributed by atoms with Crippen molar-refractivity contribution < 1.29 is 14.7 Å². The number of carbonyl (C=O) groups is 2. The summed E-state index contributed by atoms with van der Waals surface area (Å²) in [4.78, 5) is 26.3. The highest BCUT2D eigenvalue weighted by molar-refractivity contribution is 5.74. The average Bonchev–Trinajstić information content (AvgIpc) is 2.34. The molecule has 1 fully saturated rings. The van der Waals surface area contributed by atoms with Crippen molar-refractivity contribution in [2.45, 2.75) is 39.3 Å². The number of amides is 1. The summed E-state index contributed by atoms with van der Waals surface area (Å²) < 4.78 is 0. The van der Waals surface area contributed by atoms with Gasteiger partial charge in [0.2, 0.25) is 5.91 Å². The fourth-order valence-corrected chi connectivity index (χ4v) is 2.32. The lowest BCUT2D eigenvalue weighted by Crippen LogP contribution is -2.54. The third kappa shape index (κ3) is 5.16. The molecule has 19 heavy (non-hydrogen) atoms. The fourth-order valence-electron chi connectivity index (χ4n) is 2.32. The fraction of sp³-hybridized carbons (Fsp3) is 0.846. The van der Waals surface area contributed by atoms with Crippen LogP contribution in [0.3, 0.4) is 0 Å². The molecule has 0 radical (unpaired) electrons. The lowest BCUT2D eigenvalue weighted by molar-refractivity contribution is -0.144. The van der Waals surface area contributed by atoms with Crippen molar-refractivity contribution in [2.24, 2.45) is 0 Å². The lowest BCUT2D eigenvalue weighted by atomic mass is 10.1. The first kappa shape index (κ1) is 15.9. The molecule has 1 aliphatic heterocycles. The standard InChI is InChI=1S/C13H25N3O3/c1-10(2)14-5-4-12(13(18)19)16-8-6-15(7-9-16)11(3)17/h10,12,14H,4-9H2,1-3H3,(H,18,19). The molecule has 1 aliphatic rings. The van der Waals surface area contributed by atoms with Gasteiger partial charge in [-0.3, -0.25) is 14.5 Å². The lowest BCUT2D eigenvalue weighted by Gasteiger charge is -2.37. The van der Waals surface area contributed by atoms with Gasteiger partial charge < -0.3 is 15.3 Å². The monoisotopic (exact) mass is 271 g/mol. The number of aliphatic carboxylic acids is 1. The molecule has 0 saturated carbocycles. The smallest absolute Gasteiger partial charge is 0.320 e. The van der Waals surface area contributed by atoms with Crippen molar-refractivity contribution in [1.82, 2.24) is 15.1 Å². The van der Waals surface area contributed by atoms with Crippen LogP contribution in [0, 0.1) is 0 Å². The summed E-state index contributed by atoms with van der Waals surface area (Å²) in [5.41, 5.74) is 0. The van der Waals surface area contributed by atoms with E-state index in [1.54, 1.807) is 11.8 Å². The number of hydrogen-bond acceptors (Lipinski definition) is 4. The molecule has 0 aromatic carbocycles. The van der Waals surface area contributed by atoms with Gasteiger partial charge in [0.25, 0.3) is 0 Å². The van der Waals surface area contributed by atoms with Crippen molar-refractivity contribution in [3.63, 3.8) is 0 Å². The summed E-state index contributed by atoms with van der Waals surface area (Å²) in [5, 5.41) is 12.6. The third-order valence-corrected chi connectivity index (χ3v) is 3.46. The molecule has 1 rings (SSSR count). The van der Waals surface area contributed by atoms with Gasteiger partial charge >= 0.3 is 5.97 Å². The van der Waals surface area contributed by atoms with Crippen LogP contribution in [0.2, 0.25) is 0 Å². The van der Waals surface area contributed by atoms with Gasteiger partial charge in [-0.2, -0.15) is 0 Å². The first-order valence-corrected chi connectivity index (χ1v) is 6.87. The second-order valence-electron chi connectivity index (χ2n) is 5.29. The van der Waals surface area contributed by atoms with Gasteiger partial charge in [0.15, 0.2) is 0 Å². The van der Waals surface area contributed by atoms with E-state index in [1.807, 2.05) is 18.7 Å².